The number of aryl methyl sites for hydroxylation is 1. The molecule has 46 heavy (non-hydrogen) atoms. The van der Waals surface area contributed by atoms with Gasteiger partial charge in [-0.25, -0.2) is 4.98 Å². The monoisotopic (exact) mass is 705 g/mol. The van der Waals surface area contributed by atoms with Crippen molar-refractivity contribution < 1.29 is 9.30 Å². The van der Waals surface area contributed by atoms with Crippen LogP contribution in [0.3, 0.4) is 0 Å². The molecule has 2 aromatic carbocycles. The van der Waals surface area contributed by atoms with E-state index in [0.717, 1.165) is 44.0 Å². The van der Waals surface area contributed by atoms with Gasteiger partial charge >= 0.3 is 0 Å². The number of halogens is 1. The summed E-state index contributed by atoms with van der Waals surface area (Å²) in [7, 11) is -0.508. The molecule has 11 nitrogen and oxygen atoms in total. The van der Waals surface area contributed by atoms with Crippen molar-refractivity contribution in [1.29, 1.82) is 0 Å². The molecule has 13 heteroatoms. The number of piperazine rings is 1. The Balaban J connectivity index is 1.12. The molecule has 5 heterocycles. The third-order valence-corrected chi connectivity index (χ3v) is 11.5. The fourth-order valence-corrected chi connectivity index (χ4v) is 8.80. The third-order valence-electron chi connectivity index (χ3n) is 9.37. The summed E-state index contributed by atoms with van der Waals surface area (Å²) in [5, 5.41) is 7.47. The number of likely N-dealkylation sites (N-methyl/N-ethyl adjacent to an activating group) is 1. The van der Waals surface area contributed by atoms with E-state index in [-0.39, 0.29) is 0 Å². The Labute approximate surface area is 278 Å². The zero-order valence-corrected chi connectivity index (χ0v) is 29.4. The van der Waals surface area contributed by atoms with Gasteiger partial charge in [0.25, 0.3) is 0 Å². The maximum absolute atomic E-state index is 13.4. The van der Waals surface area contributed by atoms with E-state index in [1.165, 1.54) is 42.7 Å². The molecule has 0 saturated carbocycles. The molecule has 4 aromatic rings. The van der Waals surface area contributed by atoms with Crippen molar-refractivity contribution in [3.05, 3.63) is 52.4 Å². The summed E-state index contributed by atoms with van der Waals surface area (Å²) >= 11 is 3.60. The highest BCUT2D eigenvalue weighted by atomic mass is 79.9. The van der Waals surface area contributed by atoms with Crippen LogP contribution >= 0.6 is 23.1 Å². The van der Waals surface area contributed by atoms with Crippen LogP contribution in [0.5, 0.6) is 5.75 Å². The van der Waals surface area contributed by atoms with Gasteiger partial charge in [-0.2, -0.15) is 4.98 Å². The first kappa shape index (κ1) is 31.3. The lowest BCUT2D eigenvalue weighted by Crippen LogP contribution is -2.52. The van der Waals surface area contributed by atoms with Gasteiger partial charge in [0.1, 0.15) is 24.2 Å². The largest absolute Gasteiger partial charge is 0.491 e. The maximum Gasteiger partial charge on any atom is 0.229 e. The van der Waals surface area contributed by atoms with Gasteiger partial charge in [-0.05, 0) is 79.8 Å². The summed E-state index contributed by atoms with van der Waals surface area (Å²) in [6.07, 6.45) is 8.24. The molecule has 0 bridgehead atoms. The van der Waals surface area contributed by atoms with Crippen LogP contribution in [-0.2, 0) is 11.0 Å². The summed E-state index contributed by atoms with van der Waals surface area (Å²) < 4.78 is 20.3. The lowest BCUT2D eigenvalue weighted by Gasteiger charge is -2.43. The molecule has 3 aliphatic rings. The molecule has 0 spiro atoms. The summed E-state index contributed by atoms with van der Waals surface area (Å²) in [6, 6.07) is 6.59. The number of rotatable bonds is 7. The number of hydrogen-bond donors (Lipinski definition) is 2. The normalized spacial score (nSPS) is 18.1. The highest BCUT2D eigenvalue weighted by molar-refractivity contribution is 9.10. The summed E-state index contributed by atoms with van der Waals surface area (Å²) in [4.78, 5) is 26.0. The Morgan fingerprint density at radius 1 is 0.978 bits per heavy atom. The molecule has 3 aliphatic heterocycles. The van der Waals surface area contributed by atoms with Gasteiger partial charge in [0.2, 0.25) is 5.95 Å². The molecule has 2 N–H and O–H groups in total. The Morgan fingerprint density at radius 3 is 2.50 bits per heavy atom. The Morgan fingerprint density at radius 2 is 1.74 bits per heavy atom. The number of anilines is 5. The highest BCUT2D eigenvalue weighted by Gasteiger charge is 2.31. The van der Waals surface area contributed by atoms with Crippen LogP contribution in [0, 0.1) is 6.92 Å². The second-order valence-electron chi connectivity index (χ2n) is 12.9. The van der Waals surface area contributed by atoms with Crippen molar-refractivity contribution in [2.75, 3.05) is 81.8 Å². The average molecular weight is 707 g/mol. The standard InChI is InChI=1S/C33H41BrN9O2P/c1-21-19-27(30-23(9-18-45-30)29(21)43-12-7-22(8-13-43)42-16-14-41(2)15-17-42)39-33-37-20-24(34)32(40-33)38-26-6-5-25-28(36-11-10-35-25)31(26)46(3,4)44/h5-6,10-11,19-20,22H,7-9,12-18H2,1-4H3,(H2,37,38,39,40). The van der Waals surface area contributed by atoms with Crippen molar-refractivity contribution >= 4 is 68.2 Å². The smallest absolute Gasteiger partial charge is 0.229 e. The molecule has 0 atom stereocenters. The van der Waals surface area contributed by atoms with Gasteiger partial charge in [0, 0.05) is 81.6 Å². The molecule has 0 unspecified atom stereocenters. The van der Waals surface area contributed by atoms with E-state index >= 15 is 0 Å². The summed E-state index contributed by atoms with van der Waals surface area (Å²) in [6.45, 7) is 13.1. The first-order valence-corrected chi connectivity index (χ1v) is 19.4. The molecule has 0 aliphatic carbocycles. The van der Waals surface area contributed by atoms with Crippen LogP contribution in [0.1, 0.15) is 24.0 Å². The van der Waals surface area contributed by atoms with Crippen LogP contribution in [-0.4, -0.2) is 102 Å². The lowest BCUT2D eigenvalue weighted by molar-refractivity contribution is 0.0982. The first-order valence-electron chi connectivity index (χ1n) is 16.0. The van der Waals surface area contributed by atoms with Crippen LogP contribution in [0.2, 0.25) is 0 Å². The molecule has 7 rings (SSSR count). The van der Waals surface area contributed by atoms with Gasteiger partial charge in [-0.3, -0.25) is 14.9 Å². The van der Waals surface area contributed by atoms with Gasteiger partial charge < -0.3 is 29.7 Å². The van der Waals surface area contributed by atoms with Gasteiger partial charge in [-0.1, -0.05) is 0 Å². The van der Waals surface area contributed by atoms with E-state index in [4.69, 9.17) is 9.72 Å². The number of piperidine rings is 1. The molecule has 242 valence electrons. The second kappa shape index (κ2) is 12.7. The summed E-state index contributed by atoms with van der Waals surface area (Å²) in [5.41, 5.74) is 6.67. The molecule has 0 radical (unpaired) electrons. The van der Waals surface area contributed by atoms with Crippen LogP contribution in [0.25, 0.3) is 11.0 Å². The first-order chi connectivity index (χ1) is 22.2. The average Bonchev–Trinajstić information content (AvgIpc) is 3.53. The van der Waals surface area contributed by atoms with Crippen LogP contribution < -0.4 is 25.6 Å². The number of benzene rings is 2. The number of nitrogens with zero attached hydrogens (tertiary/aromatic N) is 7. The molecule has 0 amide bonds. The molecular formula is C33H41BrN9O2P. The second-order valence-corrected chi connectivity index (χ2v) is 16.9. The Kier molecular flexibility index (Phi) is 8.65. The fraction of sp³-hybridized carbons (Fsp3) is 0.455. The van der Waals surface area contributed by atoms with Crippen molar-refractivity contribution in [1.82, 2.24) is 29.7 Å². The lowest BCUT2D eigenvalue weighted by atomic mass is 9.97. The predicted octanol–water partition coefficient (Wildman–Crippen LogP) is 5.38. The SMILES string of the molecule is Cc1cc(Nc2ncc(Br)c(Nc3ccc4nccnc4c3P(C)(C)=O)n2)c2c(c1N1CCC(N3CCN(C)CC3)CC1)CCO2. The van der Waals surface area contributed by atoms with E-state index in [0.29, 0.717) is 50.9 Å². The van der Waals surface area contributed by atoms with E-state index in [1.54, 1.807) is 31.9 Å². The summed E-state index contributed by atoms with van der Waals surface area (Å²) in [5.74, 6) is 1.86. The molecule has 2 saturated heterocycles. The fourth-order valence-electron chi connectivity index (χ4n) is 7.12. The Bertz CT molecular complexity index is 1820. The predicted molar refractivity (Wildman–Crippen MR) is 190 cm³/mol. The maximum atomic E-state index is 13.4. The molecule has 2 fully saturated rings. The van der Waals surface area contributed by atoms with Crippen molar-refractivity contribution in [3.8, 4) is 5.75 Å². The number of aromatic nitrogens is 4. The number of hydrogen-bond acceptors (Lipinski definition) is 11. The quantitative estimate of drug-likeness (QED) is 0.242. The molecular weight excluding hydrogens is 665 g/mol. The van der Waals surface area contributed by atoms with Crippen LogP contribution in [0.4, 0.5) is 28.8 Å². The van der Waals surface area contributed by atoms with E-state index in [9.17, 15) is 4.57 Å². The van der Waals surface area contributed by atoms with E-state index in [2.05, 4.69) is 76.3 Å². The van der Waals surface area contributed by atoms with E-state index < -0.39 is 7.14 Å². The minimum atomic E-state index is -2.73. The zero-order valence-electron chi connectivity index (χ0n) is 26.9. The van der Waals surface area contributed by atoms with Gasteiger partial charge in [0.05, 0.1) is 33.3 Å². The topological polar surface area (TPSA) is 112 Å². The minimum Gasteiger partial charge on any atom is -0.491 e. The van der Waals surface area contributed by atoms with E-state index in [1.807, 2.05) is 12.1 Å². The third kappa shape index (κ3) is 6.20. The number of fused-ring (bicyclic) bond motifs is 2. The molecule has 2 aromatic heterocycles. The van der Waals surface area contributed by atoms with Crippen LogP contribution in [0.15, 0.2) is 41.3 Å². The van der Waals surface area contributed by atoms with Gasteiger partial charge in [0.15, 0.2) is 0 Å². The number of ether oxygens (including phenoxy) is 1. The van der Waals surface area contributed by atoms with Crippen molar-refractivity contribution in [2.45, 2.75) is 32.2 Å². The van der Waals surface area contributed by atoms with Crippen molar-refractivity contribution in [2.24, 2.45) is 0 Å². The highest BCUT2D eigenvalue weighted by Crippen LogP contribution is 2.45. The van der Waals surface area contributed by atoms with Crippen molar-refractivity contribution in [3.63, 3.8) is 0 Å². The van der Waals surface area contributed by atoms with Gasteiger partial charge in [-0.15, -0.1) is 0 Å². The Hall–Kier alpha value is -3.31. The minimum absolute atomic E-state index is 0.432. The number of nitrogens with one attached hydrogen (secondary N) is 2. The zero-order chi connectivity index (χ0) is 32.0.